The van der Waals surface area contributed by atoms with Crippen LogP contribution in [0.5, 0.6) is 0 Å². The number of nitro benzene ring substituents is 1. The lowest BCUT2D eigenvalue weighted by Crippen LogP contribution is -2.00. The molecule has 0 aliphatic carbocycles. The van der Waals surface area contributed by atoms with Gasteiger partial charge in [0.25, 0.3) is 5.69 Å². The van der Waals surface area contributed by atoms with E-state index in [9.17, 15) is 14.9 Å². The summed E-state index contributed by atoms with van der Waals surface area (Å²) < 4.78 is 0. The maximum Gasteiger partial charge on any atom is 0.336 e. The summed E-state index contributed by atoms with van der Waals surface area (Å²) in [5, 5.41) is 20.1. The molecule has 0 radical (unpaired) electrons. The summed E-state index contributed by atoms with van der Waals surface area (Å²) in [4.78, 5) is 28.1. The van der Waals surface area contributed by atoms with Crippen LogP contribution >= 0.6 is 11.8 Å². The Morgan fingerprint density at radius 3 is 2.83 bits per heavy atom. The predicted molar refractivity (Wildman–Crippen MR) is 62.8 cm³/mol. The standard InChI is InChI=1S/C10H7N3O4S/c14-9(15)7-2-1-6(13(16)17)5-8(7)18-10-11-3-4-12-10/h1-5H,(H,11,12)(H,14,15). The molecule has 0 amide bonds. The molecule has 92 valence electrons. The predicted octanol–water partition coefficient (Wildman–Crippen LogP) is 2.17. The van der Waals surface area contributed by atoms with Crippen molar-refractivity contribution in [3.63, 3.8) is 0 Å². The minimum absolute atomic E-state index is 0.00185. The molecule has 2 N–H and O–H groups in total. The van der Waals surface area contributed by atoms with Crippen LogP contribution in [0.1, 0.15) is 10.4 Å². The Morgan fingerprint density at radius 2 is 2.28 bits per heavy atom. The van der Waals surface area contributed by atoms with Crippen LogP contribution in [0.4, 0.5) is 5.69 Å². The van der Waals surface area contributed by atoms with Gasteiger partial charge in [-0.05, 0) is 6.07 Å². The largest absolute Gasteiger partial charge is 0.478 e. The maximum atomic E-state index is 11.0. The van der Waals surface area contributed by atoms with E-state index in [0.717, 1.165) is 17.8 Å². The van der Waals surface area contributed by atoms with Gasteiger partial charge in [-0.25, -0.2) is 9.78 Å². The maximum absolute atomic E-state index is 11.0. The second-order valence-corrected chi connectivity index (χ2v) is 4.27. The van der Waals surface area contributed by atoms with Gasteiger partial charge >= 0.3 is 5.97 Å². The first-order valence-electron chi connectivity index (χ1n) is 4.77. The lowest BCUT2D eigenvalue weighted by atomic mass is 10.2. The van der Waals surface area contributed by atoms with E-state index in [0.29, 0.717) is 5.16 Å². The number of aromatic amines is 1. The van der Waals surface area contributed by atoms with Gasteiger partial charge in [-0.15, -0.1) is 0 Å². The SMILES string of the molecule is O=C(O)c1ccc([N+](=O)[O-])cc1Sc1ncc[nH]1. The molecule has 2 aromatic rings. The molecule has 0 aliphatic rings. The quantitative estimate of drug-likeness (QED) is 0.647. The Hall–Kier alpha value is -2.35. The molecule has 18 heavy (non-hydrogen) atoms. The summed E-state index contributed by atoms with van der Waals surface area (Å²) in [5.41, 5.74) is -0.156. The van der Waals surface area contributed by atoms with Gasteiger partial charge in [0, 0.05) is 29.4 Å². The van der Waals surface area contributed by atoms with E-state index in [1.807, 2.05) is 0 Å². The highest BCUT2D eigenvalue weighted by Gasteiger charge is 2.16. The minimum Gasteiger partial charge on any atom is -0.478 e. The number of carboxylic acids is 1. The fourth-order valence-corrected chi connectivity index (χ4v) is 2.19. The van der Waals surface area contributed by atoms with E-state index in [4.69, 9.17) is 5.11 Å². The Bertz CT molecular complexity index is 597. The van der Waals surface area contributed by atoms with Gasteiger partial charge in [0.2, 0.25) is 0 Å². The minimum atomic E-state index is -1.14. The zero-order chi connectivity index (χ0) is 13.1. The van der Waals surface area contributed by atoms with Gasteiger partial charge in [-0.1, -0.05) is 11.8 Å². The van der Waals surface area contributed by atoms with Gasteiger partial charge in [-0.2, -0.15) is 0 Å². The first-order valence-corrected chi connectivity index (χ1v) is 5.58. The van der Waals surface area contributed by atoms with Crippen molar-refractivity contribution < 1.29 is 14.8 Å². The molecule has 0 saturated heterocycles. The number of carboxylic acid groups (broad SMARTS) is 1. The Balaban J connectivity index is 2.43. The number of aromatic carboxylic acids is 1. The second kappa shape index (κ2) is 4.88. The zero-order valence-corrected chi connectivity index (χ0v) is 9.68. The molecule has 0 bridgehead atoms. The third-order valence-corrected chi connectivity index (χ3v) is 3.06. The topological polar surface area (TPSA) is 109 Å². The lowest BCUT2D eigenvalue weighted by molar-refractivity contribution is -0.385. The molecular formula is C10H7N3O4S. The van der Waals surface area contributed by atoms with E-state index in [2.05, 4.69) is 9.97 Å². The zero-order valence-electron chi connectivity index (χ0n) is 8.86. The van der Waals surface area contributed by atoms with Crippen molar-refractivity contribution >= 4 is 23.4 Å². The van der Waals surface area contributed by atoms with Gasteiger partial charge in [0.15, 0.2) is 5.16 Å². The van der Waals surface area contributed by atoms with Gasteiger partial charge in [0.05, 0.1) is 10.5 Å². The number of nitro groups is 1. The summed E-state index contributed by atoms with van der Waals surface area (Å²) >= 11 is 1.03. The summed E-state index contributed by atoms with van der Waals surface area (Å²) in [6, 6.07) is 3.60. The van der Waals surface area contributed by atoms with Crippen LogP contribution in [-0.2, 0) is 0 Å². The van der Waals surface area contributed by atoms with E-state index < -0.39 is 10.9 Å². The summed E-state index contributed by atoms with van der Waals surface area (Å²) in [7, 11) is 0. The highest BCUT2D eigenvalue weighted by Crippen LogP contribution is 2.31. The second-order valence-electron chi connectivity index (χ2n) is 3.24. The lowest BCUT2D eigenvalue weighted by Gasteiger charge is -2.03. The van der Waals surface area contributed by atoms with Crippen molar-refractivity contribution in [1.29, 1.82) is 0 Å². The number of aromatic nitrogens is 2. The van der Waals surface area contributed by atoms with E-state index in [-0.39, 0.29) is 16.1 Å². The number of hydrogen-bond donors (Lipinski definition) is 2. The number of imidazole rings is 1. The van der Waals surface area contributed by atoms with Crippen LogP contribution in [-0.4, -0.2) is 26.0 Å². The highest BCUT2D eigenvalue weighted by atomic mass is 32.2. The van der Waals surface area contributed by atoms with Crippen LogP contribution in [0.15, 0.2) is 40.6 Å². The molecule has 1 aromatic heterocycles. The fraction of sp³-hybridized carbons (Fsp3) is 0. The monoisotopic (exact) mass is 265 g/mol. The van der Waals surface area contributed by atoms with Crippen LogP contribution in [0.25, 0.3) is 0 Å². The van der Waals surface area contributed by atoms with E-state index >= 15 is 0 Å². The van der Waals surface area contributed by atoms with Crippen molar-refractivity contribution in [3.05, 3.63) is 46.3 Å². The van der Waals surface area contributed by atoms with Gasteiger partial charge in [0.1, 0.15) is 0 Å². The Labute approximate surface area is 105 Å². The molecule has 0 spiro atoms. The highest BCUT2D eigenvalue weighted by molar-refractivity contribution is 7.99. The Kier molecular flexibility index (Phi) is 3.28. The van der Waals surface area contributed by atoms with Crippen LogP contribution in [0.3, 0.4) is 0 Å². The van der Waals surface area contributed by atoms with Gasteiger partial charge in [-0.3, -0.25) is 10.1 Å². The molecule has 1 heterocycles. The number of non-ortho nitro benzene ring substituents is 1. The molecule has 0 aliphatic heterocycles. The van der Waals surface area contributed by atoms with Crippen molar-refractivity contribution in [1.82, 2.24) is 9.97 Å². The first kappa shape index (κ1) is 12.1. The number of nitrogens with zero attached hydrogens (tertiary/aromatic N) is 2. The molecule has 0 atom stereocenters. The third-order valence-electron chi connectivity index (χ3n) is 2.09. The van der Waals surface area contributed by atoms with Crippen LogP contribution < -0.4 is 0 Å². The average molecular weight is 265 g/mol. The number of H-pyrrole nitrogens is 1. The number of carbonyl (C=O) groups is 1. The molecular weight excluding hydrogens is 258 g/mol. The van der Waals surface area contributed by atoms with E-state index in [1.165, 1.54) is 18.3 Å². The third kappa shape index (κ3) is 2.48. The molecule has 2 rings (SSSR count). The fourth-order valence-electron chi connectivity index (χ4n) is 1.30. The summed E-state index contributed by atoms with van der Waals surface area (Å²) in [5.74, 6) is -1.14. The molecule has 8 heteroatoms. The molecule has 0 unspecified atom stereocenters. The number of rotatable bonds is 4. The number of nitrogens with one attached hydrogen (secondary N) is 1. The summed E-state index contributed by atoms with van der Waals surface area (Å²) in [6.07, 6.45) is 3.10. The normalized spacial score (nSPS) is 10.2. The average Bonchev–Trinajstić information content (AvgIpc) is 2.81. The molecule has 0 fully saturated rings. The van der Waals surface area contributed by atoms with Crippen molar-refractivity contribution in [2.24, 2.45) is 0 Å². The van der Waals surface area contributed by atoms with Crippen LogP contribution in [0.2, 0.25) is 0 Å². The van der Waals surface area contributed by atoms with Crippen molar-refractivity contribution in [2.75, 3.05) is 0 Å². The number of hydrogen-bond acceptors (Lipinski definition) is 5. The molecule has 1 aromatic carbocycles. The number of benzene rings is 1. The van der Waals surface area contributed by atoms with Crippen LogP contribution in [0, 0.1) is 10.1 Å². The first-order chi connectivity index (χ1) is 8.58. The van der Waals surface area contributed by atoms with Crippen molar-refractivity contribution in [3.8, 4) is 0 Å². The van der Waals surface area contributed by atoms with E-state index in [1.54, 1.807) is 6.20 Å². The summed E-state index contributed by atoms with van der Waals surface area (Å²) in [6.45, 7) is 0. The Morgan fingerprint density at radius 1 is 1.50 bits per heavy atom. The molecule has 7 nitrogen and oxygen atoms in total. The smallest absolute Gasteiger partial charge is 0.336 e. The van der Waals surface area contributed by atoms with Crippen molar-refractivity contribution in [2.45, 2.75) is 10.1 Å². The van der Waals surface area contributed by atoms with Gasteiger partial charge < -0.3 is 10.1 Å². The molecule has 0 saturated carbocycles.